The third kappa shape index (κ3) is 4.93. The average molecular weight is 352 g/mol. The molecular weight excluding hydrogens is 331 g/mol. The summed E-state index contributed by atoms with van der Waals surface area (Å²) in [5.74, 6) is 0.0332. The van der Waals surface area contributed by atoms with Crippen molar-refractivity contribution in [2.75, 3.05) is 18.1 Å². The maximum absolute atomic E-state index is 13.9. The van der Waals surface area contributed by atoms with Gasteiger partial charge in [0.1, 0.15) is 11.6 Å². The lowest BCUT2D eigenvalue weighted by molar-refractivity contribution is -0.114. The lowest BCUT2D eigenvalue weighted by Crippen LogP contribution is -2.30. The molecule has 0 bridgehead atoms. The van der Waals surface area contributed by atoms with E-state index in [1.807, 2.05) is 13.0 Å². The maximum atomic E-state index is 13.9. The van der Waals surface area contributed by atoms with Crippen molar-refractivity contribution in [1.29, 1.82) is 5.26 Å². The molecule has 134 valence electrons. The van der Waals surface area contributed by atoms with Crippen LogP contribution in [0.5, 0.6) is 5.75 Å². The number of benzene rings is 2. The van der Waals surface area contributed by atoms with Gasteiger partial charge in [-0.2, -0.15) is 5.26 Å². The number of nitriles is 1. The Morgan fingerprint density at radius 1 is 1.23 bits per heavy atom. The molecule has 2 aromatic rings. The number of ether oxygens (including phenoxy) is 1. The minimum Gasteiger partial charge on any atom is -0.494 e. The first-order valence-corrected chi connectivity index (χ1v) is 8.41. The summed E-state index contributed by atoms with van der Waals surface area (Å²) in [5, 5.41) is 8.88. The van der Waals surface area contributed by atoms with Gasteiger partial charge in [-0.15, -0.1) is 0 Å². The molecule has 0 aliphatic carbocycles. The van der Waals surface area contributed by atoms with Crippen LogP contribution in [0, 0.1) is 17.1 Å². The normalized spacial score (nSPS) is 10.9. The van der Waals surface area contributed by atoms with Crippen molar-refractivity contribution in [1.82, 2.24) is 0 Å². The number of nitrogens with zero attached hydrogens (tertiary/aromatic N) is 2. The molecule has 0 spiro atoms. The second-order valence-corrected chi connectivity index (χ2v) is 5.63. The van der Waals surface area contributed by atoms with Crippen LogP contribution in [0.3, 0.4) is 0 Å². The Morgan fingerprint density at radius 2 is 1.92 bits per heavy atom. The summed E-state index contributed by atoms with van der Waals surface area (Å²) in [6, 6.07) is 15.5. The van der Waals surface area contributed by atoms with E-state index < -0.39 is 0 Å². The van der Waals surface area contributed by atoms with Gasteiger partial charge in [0.05, 0.1) is 19.1 Å². The molecule has 0 radical (unpaired) electrons. The molecule has 4 nitrogen and oxygen atoms in total. The van der Waals surface area contributed by atoms with Crippen molar-refractivity contribution >= 4 is 17.2 Å². The summed E-state index contributed by atoms with van der Waals surface area (Å²) in [6.07, 6.45) is 1.60. The minimum atomic E-state index is -0.376. The lowest BCUT2D eigenvalue weighted by atomic mass is 10.1. The highest BCUT2D eigenvalue weighted by Gasteiger charge is 2.15. The minimum absolute atomic E-state index is 0.200. The fraction of sp³-hybridized carbons (Fsp3) is 0.238. The smallest absolute Gasteiger partial charge is 0.251 e. The number of carbonyl (C=O) groups is 1. The number of allylic oxidation sites excluding steroid dienone is 1. The molecule has 26 heavy (non-hydrogen) atoms. The Morgan fingerprint density at radius 3 is 2.54 bits per heavy atom. The highest BCUT2D eigenvalue weighted by atomic mass is 19.1. The van der Waals surface area contributed by atoms with Gasteiger partial charge in [0.15, 0.2) is 0 Å². The number of hydrogen-bond donors (Lipinski definition) is 0. The van der Waals surface area contributed by atoms with Crippen LogP contribution < -0.4 is 9.64 Å². The van der Waals surface area contributed by atoms with Crippen LogP contribution >= 0.6 is 0 Å². The van der Waals surface area contributed by atoms with Gasteiger partial charge < -0.3 is 9.64 Å². The summed E-state index contributed by atoms with van der Waals surface area (Å²) >= 11 is 0. The SMILES string of the molecule is CCOc1ccc(N(CCC#N)C(=O)/C=C(/C)c2ccccc2F)cc1. The first-order valence-electron chi connectivity index (χ1n) is 8.41. The van der Waals surface area contributed by atoms with E-state index in [0.29, 0.717) is 29.2 Å². The topological polar surface area (TPSA) is 53.3 Å². The predicted octanol–water partition coefficient (Wildman–Crippen LogP) is 4.57. The zero-order valence-electron chi connectivity index (χ0n) is 14.9. The fourth-order valence-electron chi connectivity index (χ4n) is 2.54. The van der Waals surface area contributed by atoms with Gasteiger partial charge in [-0.1, -0.05) is 18.2 Å². The van der Waals surface area contributed by atoms with Crippen molar-refractivity contribution in [3.05, 3.63) is 66.0 Å². The highest BCUT2D eigenvalue weighted by molar-refractivity contribution is 6.05. The molecule has 0 saturated heterocycles. The van der Waals surface area contributed by atoms with Gasteiger partial charge in [0, 0.05) is 23.9 Å². The van der Waals surface area contributed by atoms with E-state index in [-0.39, 0.29) is 24.7 Å². The molecule has 0 heterocycles. The molecular formula is C21H21FN2O2. The third-order valence-electron chi connectivity index (χ3n) is 3.81. The first kappa shape index (κ1) is 19.2. The van der Waals surface area contributed by atoms with Crippen molar-refractivity contribution in [3.63, 3.8) is 0 Å². The first-order chi connectivity index (χ1) is 12.6. The highest BCUT2D eigenvalue weighted by Crippen LogP contribution is 2.22. The maximum Gasteiger partial charge on any atom is 0.251 e. The zero-order chi connectivity index (χ0) is 18.9. The monoisotopic (exact) mass is 352 g/mol. The van der Waals surface area contributed by atoms with E-state index in [9.17, 15) is 9.18 Å². The number of hydrogen-bond acceptors (Lipinski definition) is 3. The number of halogens is 1. The van der Waals surface area contributed by atoms with E-state index in [2.05, 4.69) is 0 Å². The van der Waals surface area contributed by atoms with Crippen molar-refractivity contribution < 1.29 is 13.9 Å². The molecule has 0 atom stereocenters. The van der Waals surface area contributed by atoms with Crippen LogP contribution in [-0.2, 0) is 4.79 Å². The van der Waals surface area contributed by atoms with Crippen LogP contribution in [0.25, 0.3) is 5.57 Å². The quantitative estimate of drug-likeness (QED) is 0.686. The summed E-state index contributed by atoms with van der Waals surface area (Å²) in [4.78, 5) is 14.2. The molecule has 2 aromatic carbocycles. The summed E-state index contributed by atoms with van der Waals surface area (Å²) in [7, 11) is 0. The Hall–Kier alpha value is -3.13. The molecule has 0 unspecified atom stereocenters. The Bertz CT molecular complexity index is 823. The molecule has 0 saturated carbocycles. The average Bonchev–Trinajstić information content (AvgIpc) is 2.64. The second-order valence-electron chi connectivity index (χ2n) is 5.63. The van der Waals surface area contributed by atoms with E-state index in [0.717, 1.165) is 0 Å². The standard InChI is InChI=1S/C21H21FN2O2/c1-3-26-18-11-9-17(10-12-18)24(14-6-13-23)21(25)15-16(2)19-7-4-5-8-20(19)22/h4-5,7-12,15H,3,6,14H2,1-2H3/b16-15-. The van der Waals surface area contributed by atoms with Gasteiger partial charge in [0.25, 0.3) is 5.91 Å². The zero-order valence-corrected chi connectivity index (χ0v) is 14.9. The Balaban J connectivity index is 2.28. The Labute approximate surface area is 153 Å². The third-order valence-corrected chi connectivity index (χ3v) is 3.81. The molecule has 0 aliphatic rings. The van der Waals surface area contributed by atoms with Gasteiger partial charge in [-0.3, -0.25) is 4.79 Å². The fourth-order valence-corrected chi connectivity index (χ4v) is 2.54. The molecule has 0 fully saturated rings. The van der Waals surface area contributed by atoms with Crippen molar-refractivity contribution in [3.8, 4) is 11.8 Å². The van der Waals surface area contributed by atoms with Crippen LogP contribution in [0.1, 0.15) is 25.8 Å². The second kappa shape index (κ2) is 9.38. The molecule has 2 rings (SSSR count). The van der Waals surface area contributed by atoms with Gasteiger partial charge >= 0.3 is 0 Å². The lowest BCUT2D eigenvalue weighted by Gasteiger charge is -2.21. The number of amides is 1. The van der Waals surface area contributed by atoms with Crippen LogP contribution in [0.15, 0.2) is 54.6 Å². The van der Waals surface area contributed by atoms with E-state index in [4.69, 9.17) is 10.00 Å². The van der Waals surface area contributed by atoms with Gasteiger partial charge in [0.2, 0.25) is 0 Å². The molecule has 5 heteroatoms. The van der Waals surface area contributed by atoms with Crippen LogP contribution in [-0.4, -0.2) is 19.1 Å². The van der Waals surface area contributed by atoms with E-state index in [1.165, 1.54) is 17.0 Å². The number of carbonyl (C=O) groups excluding carboxylic acids is 1. The van der Waals surface area contributed by atoms with E-state index >= 15 is 0 Å². The number of rotatable bonds is 7. The molecule has 0 aromatic heterocycles. The predicted molar refractivity (Wildman–Crippen MR) is 100 cm³/mol. The molecule has 1 amide bonds. The van der Waals surface area contributed by atoms with Crippen LogP contribution in [0.2, 0.25) is 0 Å². The van der Waals surface area contributed by atoms with Crippen molar-refractivity contribution in [2.45, 2.75) is 20.3 Å². The van der Waals surface area contributed by atoms with Crippen LogP contribution in [0.4, 0.5) is 10.1 Å². The summed E-state index contributed by atoms with van der Waals surface area (Å²) < 4.78 is 19.3. The largest absolute Gasteiger partial charge is 0.494 e. The van der Waals surface area contributed by atoms with Gasteiger partial charge in [-0.25, -0.2) is 4.39 Å². The molecule has 0 N–H and O–H groups in total. The Kier molecular flexibility index (Phi) is 6.92. The summed E-state index contributed by atoms with van der Waals surface area (Å²) in [6.45, 7) is 4.40. The van der Waals surface area contributed by atoms with E-state index in [1.54, 1.807) is 49.4 Å². The number of anilines is 1. The van der Waals surface area contributed by atoms with Crippen molar-refractivity contribution in [2.24, 2.45) is 0 Å². The molecule has 0 aliphatic heterocycles. The van der Waals surface area contributed by atoms with Gasteiger partial charge in [-0.05, 0) is 49.8 Å². The summed E-state index contributed by atoms with van der Waals surface area (Å²) in [5.41, 5.74) is 1.57.